The van der Waals surface area contributed by atoms with Gasteiger partial charge in [-0.05, 0) is 52.2 Å². The molecule has 1 fully saturated rings. The Morgan fingerprint density at radius 1 is 1.26 bits per heavy atom. The first kappa shape index (κ1) is 13.9. The van der Waals surface area contributed by atoms with Crippen molar-refractivity contribution in [2.24, 2.45) is 0 Å². The number of piperidine rings is 1. The molecule has 0 saturated carbocycles. The molecule has 2 rings (SSSR count). The van der Waals surface area contributed by atoms with E-state index in [2.05, 4.69) is 13.8 Å². The van der Waals surface area contributed by atoms with Crippen LogP contribution in [0.3, 0.4) is 0 Å². The summed E-state index contributed by atoms with van der Waals surface area (Å²) in [4.78, 5) is 14.8. The van der Waals surface area contributed by atoms with E-state index in [0.717, 1.165) is 12.8 Å². The van der Waals surface area contributed by atoms with Crippen molar-refractivity contribution in [1.82, 2.24) is 4.90 Å². The lowest BCUT2D eigenvalue weighted by Gasteiger charge is -2.39. The summed E-state index contributed by atoms with van der Waals surface area (Å²) >= 11 is 0. The van der Waals surface area contributed by atoms with Gasteiger partial charge in [0.25, 0.3) is 5.91 Å². The Kier molecular flexibility index (Phi) is 4.46. The van der Waals surface area contributed by atoms with Crippen LogP contribution in [0.15, 0.2) is 24.3 Å². The molecular formula is C16H23NO2. The van der Waals surface area contributed by atoms with Crippen molar-refractivity contribution in [1.29, 1.82) is 0 Å². The average molecular weight is 261 g/mol. The molecule has 3 heteroatoms. The highest BCUT2D eigenvalue weighted by atomic mass is 16.5. The lowest BCUT2D eigenvalue weighted by molar-refractivity contribution is 0.0507. The van der Waals surface area contributed by atoms with Crippen LogP contribution in [-0.2, 0) is 0 Å². The Hall–Kier alpha value is -1.51. The molecule has 1 heterocycles. The number of hydrogen-bond acceptors (Lipinski definition) is 2. The van der Waals surface area contributed by atoms with Gasteiger partial charge in [-0.2, -0.15) is 0 Å². The number of carbonyl (C=O) groups is 1. The van der Waals surface area contributed by atoms with E-state index in [4.69, 9.17) is 4.74 Å². The van der Waals surface area contributed by atoms with Gasteiger partial charge in [-0.15, -0.1) is 0 Å². The van der Waals surface area contributed by atoms with Crippen molar-refractivity contribution >= 4 is 5.91 Å². The molecule has 1 aromatic carbocycles. The van der Waals surface area contributed by atoms with Crippen LogP contribution >= 0.6 is 0 Å². The summed E-state index contributed by atoms with van der Waals surface area (Å²) in [6.45, 7) is 6.79. The second-order valence-corrected chi connectivity index (χ2v) is 5.27. The molecule has 1 saturated heterocycles. The van der Waals surface area contributed by atoms with Crippen LogP contribution < -0.4 is 4.74 Å². The molecule has 0 N–H and O–H groups in total. The minimum absolute atomic E-state index is 0.101. The molecule has 0 radical (unpaired) electrons. The van der Waals surface area contributed by atoms with Gasteiger partial charge in [-0.25, -0.2) is 0 Å². The van der Waals surface area contributed by atoms with Crippen molar-refractivity contribution in [2.45, 2.75) is 52.1 Å². The summed E-state index contributed by atoms with van der Waals surface area (Å²) in [7, 11) is 0. The largest absolute Gasteiger partial charge is 0.493 e. The standard InChI is InChI=1S/C16H23NO2/c1-4-19-15-11-6-5-10-14(15)16(18)17-12(2)8-7-9-13(17)3/h5-6,10-13H,4,7-9H2,1-3H3/t12-,13-/m0/s1. The number of ether oxygens (including phenoxy) is 1. The van der Waals surface area contributed by atoms with E-state index in [1.165, 1.54) is 6.42 Å². The molecule has 0 unspecified atom stereocenters. The molecule has 0 aliphatic carbocycles. The third kappa shape index (κ3) is 2.91. The maximum Gasteiger partial charge on any atom is 0.258 e. The van der Waals surface area contributed by atoms with E-state index < -0.39 is 0 Å². The molecule has 1 amide bonds. The summed E-state index contributed by atoms with van der Waals surface area (Å²) in [5.74, 6) is 0.795. The lowest BCUT2D eigenvalue weighted by atomic mass is 9.96. The number of benzene rings is 1. The van der Waals surface area contributed by atoms with Gasteiger partial charge in [0, 0.05) is 12.1 Å². The van der Waals surface area contributed by atoms with Crippen LogP contribution in [0.1, 0.15) is 50.4 Å². The summed E-state index contributed by atoms with van der Waals surface area (Å²) in [5.41, 5.74) is 0.685. The van der Waals surface area contributed by atoms with Gasteiger partial charge >= 0.3 is 0 Å². The number of amides is 1. The molecule has 0 spiro atoms. The molecule has 2 atom stereocenters. The first-order valence-electron chi connectivity index (χ1n) is 7.19. The highest BCUT2D eigenvalue weighted by molar-refractivity contribution is 5.97. The number of hydrogen-bond donors (Lipinski definition) is 0. The zero-order chi connectivity index (χ0) is 13.8. The number of rotatable bonds is 3. The van der Waals surface area contributed by atoms with Crippen LogP contribution in [0, 0.1) is 0 Å². The first-order valence-corrected chi connectivity index (χ1v) is 7.19. The molecule has 1 aromatic rings. The van der Waals surface area contributed by atoms with E-state index in [1.54, 1.807) is 0 Å². The SMILES string of the molecule is CCOc1ccccc1C(=O)N1[C@@H](C)CCC[C@@H]1C. The van der Waals surface area contributed by atoms with Crippen LogP contribution in [0.25, 0.3) is 0 Å². The van der Waals surface area contributed by atoms with Crippen molar-refractivity contribution in [3.8, 4) is 5.75 Å². The molecule has 3 nitrogen and oxygen atoms in total. The number of carbonyl (C=O) groups excluding carboxylic acids is 1. The number of para-hydroxylation sites is 1. The Labute approximate surface area is 115 Å². The third-order valence-corrected chi connectivity index (χ3v) is 3.85. The Bertz CT molecular complexity index is 434. The molecule has 104 valence electrons. The van der Waals surface area contributed by atoms with Crippen LogP contribution in [0.5, 0.6) is 5.75 Å². The van der Waals surface area contributed by atoms with Crippen molar-refractivity contribution in [2.75, 3.05) is 6.61 Å². The maximum absolute atomic E-state index is 12.8. The molecule has 0 aromatic heterocycles. The molecule has 1 aliphatic heterocycles. The highest BCUT2D eigenvalue weighted by Gasteiger charge is 2.30. The van der Waals surface area contributed by atoms with E-state index >= 15 is 0 Å². The average Bonchev–Trinajstić information content (AvgIpc) is 2.39. The second kappa shape index (κ2) is 6.09. The summed E-state index contributed by atoms with van der Waals surface area (Å²) in [6.07, 6.45) is 3.39. The number of likely N-dealkylation sites (tertiary alicyclic amines) is 1. The topological polar surface area (TPSA) is 29.5 Å². The Morgan fingerprint density at radius 2 is 1.89 bits per heavy atom. The highest BCUT2D eigenvalue weighted by Crippen LogP contribution is 2.27. The summed E-state index contributed by atoms with van der Waals surface area (Å²) in [6, 6.07) is 8.16. The zero-order valence-corrected chi connectivity index (χ0v) is 12.1. The quantitative estimate of drug-likeness (QED) is 0.833. The Balaban J connectivity index is 2.27. The molecule has 19 heavy (non-hydrogen) atoms. The van der Waals surface area contributed by atoms with Crippen LogP contribution in [0.4, 0.5) is 0 Å². The minimum Gasteiger partial charge on any atom is -0.493 e. The maximum atomic E-state index is 12.8. The van der Waals surface area contributed by atoms with Gasteiger partial charge in [0.2, 0.25) is 0 Å². The van der Waals surface area contributed by atoms with Gasteiger partial charge < -0.3 is 9.64 Å². The predicted molar refractivity (Wildman–Crippen MR) is 76.6 cm³/mol. The van der Waals surface area contributed by atoms with E-state index in [0.29, 0.717) is 30.0 Å². The van der Waals surface area contributed by atoms with Gasteiger partial charge in [0.05, 0.1) is 12.2 Å². The Morgan fingerprint density at radius 3 is 2.53 bits per heavy atom. The summed E-state index contributed by atoms with van der Waals surface area (Å²) < 4.78 is 5.57. The predicted octanol–water partition coefficient (Wildman–Crippen LogP) is 3.49. The lowest BCUT2D eigenvalue weighted by Crippen LogP contribution is -2.47. The molecule has 0 bridgehead atoms. The molecular weight excluding hydrogens is 238 g/mol. The van der Waals surface area contributed by atoms with Gasteiger partial charge in [0.15, 0.2) is 0 Å². The fourth-order valence-electron chi connectivity index (χ4n) is 2.89. The van der Waals surface area contributed by atoms with Gasteiger partial charge in [-0.3, -0.25) is 4.79 Å². The zero-order valence-electron chi connectivity index (χ0n) is 12.1. The number of nitrogens with zero attached hydrogens (tertiary/aromatic N) is 1. The van der Waals surface area contributed by atoms with Gasteiger partial charge in [0.1, 0.15) is 5.75 Å². The van der Waals surface area contributed by atoms with Gasteiger partial charge in [-0.1, -0.05) is 12.1 Å². The van der Waals surface area contributed by atoms with Crippen molar-refractivity contribution < 1.29 is 9.53 Å². The normalized spacial score (nSPS) is 23.2. The molecule has 1 aliphatic rings. The smallest absolute Gasteiger partial charge is 0.258 e. The van der Waals surface area contributed by atoms with Crippen LogP contribution in [-0.4, -0.2) is 29.5 Å². The third-order valence-electron chi connectivity index (χ3n) is 3.85. The minimum atomic E-state index is 0.101. The van der Waals surface area contributed by atoms with E-state index in [-0.39, 0.29) is 5.91 Å². The van der Waals surface area contributed by atoms with Crippen molar-refractivity contribution in [3.63, 3.8) is 0 Å². The van der Waals surface area contributed by atoms with E-state index in [9.17, 15) is 4.79 Å². The van der Waals surface area contributed by atoms with Crippen LogP contribution in [0.2, 0.25) is 0 Å². The monoisotopic (exact) mass is 261 g/mol. The first-order chi connectivity index (χ1) is 9.15. The second-order valence-electron chi connectivity index (χ2n) is 5.27. The van der Waals surface area contributed by atoms with E-state index in [1.807, 2.05) is 36.1 Å². The summed E-state index contributed by atoms with van der Waals surface area (Å²) in [5, 5.41) is 0. The fourth-order valence-corrected chi connectivity index (χ4v) is 2.89. The van der Waals surface area contributed by atoms with Crippen molar-refractivity contribution in [3.05, 3.63) is 29.8 Å². The fraction of sp³-hybridized carbons (Fsp3) is 0.562.